The van der Waals surface area contributed by atoms with Gasteiger partial charge in [0, 0.05) is 12.8 Å². The van der Waals surface area contributed by atoms with Gasteiger partial charge < -0.3 is 14.6 Å². The molecule has 414 valence electrons. The molecule has 0 aliphatic rings. The van der Waals surface area contributed by atoms with Crippen LogP contribution in [0.3, 0.4) is 0 Å². The number of unbranched alkanes of at least 4 members (excludes halogenated alkanes) is 16. The van der Waals surface area contributed by atoms with Crippen molar-refractivity contribution in [3.63, 3.8) is 0 Å². The number of rotatable bonds is 52. The van der Waals surface area contributed by atoms with E-state index in [-0.39, 0.29) is 31.6 Å². The Labute approximate surface area is 455 Å². The lowest BCUT2D eigenvalue weighted by Crippen LogP contribution is -2.28. The largest absolute Gasteiger partial charge is 0.462 e. The van der Waals surface area contributed by atoms with E-state index in [2.05, 4.69) is 184 Å². The van der Waals surface area contributed by atoms with Crippen LogP contribution in [-0.2, 0) is 19.1 Å². The van der Waals surface area contributed by atoms with Crippen LogP contribution in [0, 0.1) is 0 Å². The molecule has 74 heavy (non-hydrogen) atoms. The SMILES string of the molecule is CC/C=C\C/C=C\C/C=C\C/C=C\C/C=C\C/C=C\C/C=C\C/C=C\CCCCC(=O)OC(CO)COC(=O)CCCCCCCCCCCCCCCC/C=C\C/C=C\C/C=C\C/C=C\C/C=C\C/C=C\CC. The molecule has 5 nitrogen and oxygen atoms in total. The first-order chi connectivity index (χ1) is 36.6. The van der Waals surface area contributed by atoms with Gasteiger partial charge in [-0.3, -0.25) is 9.59 Å². The Hall–Kier alpha value is -4.74. The van der Waals surface area contributed by atoms with Gasteiger partial charge in [-0.2, -0.15) is 0 Å². The lowest BCUT2D eigenvalue weighted by atomic mass is 10.0. The van der Waals surface area contributed by atoms with Crippen LogP contribution in [0.2, 0.25) is 0 Å². The number of aliphatic hydroxyl groups is 1. The average molecular weight is 1020 g/mol. The van der Waals surface area contributed by atoms with Crippen molar-refractivity contribution in [1.82, 2.24) is 0 Å². The van der Waals surface area contributed by atoms with E-state index in [9.17, 15) is 14.7 Å². The Morgan fingerprint density at radius 1 is 0.311 bits per heavy atom. The van der Waals surface area contributed by atoms with E-state index >= 15 is 0 Å². The highest BCUT2D eigenvalue weighted by molar-refractivity contribution is 5.70. The molecule has 0 fully saturated rings. The summed E-state index contributed by atoms with van der Waals surface area (Å²) in [5.74, 6) is -0.653. The molecule has 0 aromatic heterocycles. The first kappa shape index (κ1) is 69.3. The highest BCUT2D eigenvalue weighted by Gasteiger charge is 2.16. The Balaban J connectivity index is 3.62. The van der Waals surface area contributed by atoms with Crippen molar-refractivity contribution in [1.29, 1.82) is 0 Å². The van der Waals surface area contributed by atoms with Gasteiger partial charge in [0.1, 0.15) is 6.61 Å². The minimum absolute atomic E-state index is 0.0948. The van der Waals surface area contributed by atoms with Gasteiger partial charge in [-0.05, 0) is 128 Å². The molecular formula is C69H108O5. The van der Waals surface area contributed by atoms with Crippen LogP contribution in [-0.4, -0.2) is 36.4 Å². The lowest BCUT2D eigenvalue weighted by molar-refractivity contribution is -0.161. The topological polar surface area (TPSA) is 72.8 Å². The Kier molecular flexibility index (Phi) is 58.5. The molecule has 0 radical (unpaired) electrons. The van der Waals surface area contributed by atoms with Crippen LogP contribution in [0.15, 0.2) is 170 Å². The minimum Gasteiger partial charge on any atom is -0.462 e. The van der Waals surface area contributed by atoms with Gasteiger partial charge >= 0.3 is 11.9 Å². The van der Waals surface area contributed by atoms with Crippen molar-refractivity contribution in [2.75, 3.05) is 13.2 Å². The monoisotopic (exact) mass is 1020 g/mol. The van der Waals surface area contributed by atoms with Crippen molar-refractivity contribution in [3.05, 3.63) is 170 Å². The van der Waals surface area contributed by atoms with Crippen LogP contribution in [0.25, 0.3) is 0 Å². The second kappa shape index (κ2) is 62.6. The van der Waals surface area contributed by atoms with Crippen molar-refractivity contribution < 1.29 is 24.2 Å². The fraction of sp³-hybridized carbons (Fsp3) is 0.565. The van der Waals surface area contributed by atoms with Crippen LogP contribution >= 0.6 is 0 Å². The van der Waals surface area contributed by atoms with Gasteiger partial charge in [0.15, 0.2) is 6.10 Å². The highest BCUT2D eigenvalue weighted by Crippen LogP contribution is 2.15. The third-order valence-electron chi connectivity index (χ3n) is 12.0. The fourth-order valence-corrected chi connectivity index (χ4v) is 7.63. The lowest BCUT2D eigenvalue weighted by Gasteiger charge is -2.15. The number of aliphatic hydroxyl groups excluding tert-OH is 1. The zero-order valence-corrected chi connectivity index (χ0v) is 47.3. The number of hydrogen-bond donors (Lipinski definition) is 1. The maximum absolute atomic E-state index is 12.3. The maximum Gasteiger partial charge on any atom is 0.306 e. The summed E-state index contributed by atoms with van der Waals surface area (Å²) in [6.45, 7) is 3.87. The number of carbonyl (C=O) groups is 2. The third kappa shape index (κ3) is 59.8. The Bertz CT molecular complexity index is 1670. The maximum atomic E-state index is 12.3. The molecule has 1 unspecified atom stereocenters. The van der Waals surface area contributed by atoms with E-state index in [1.54, 1.807) is 0 Å². The number of esters is 2. The summed E-state index contributed by atoms with van der Waals surface area (Å²) in [4.78, 5) is 24.5. The molecule has 0 spiro atoms. The number of allylic oxidation sites excluding steroid dienone is 28. The summed E-state index contributed by atoms with van der Waals surface area (Å²) >= 11 is 0. The van der Waals surface area contributed by atoms with E-state index in [0.717, 1.165) is 122 Å². The Morgan fingerprint density at radius 3 is 0.838 bits per heavy atom. The summed E-state index contributed by atoms with van der Waals surface area (Å²) in [5.41, 5.74) is 0. The number of hydrogen-bond acceptors (Lipinski definition) is 5. The summed E-state index contributed by atoms with van der Waals surface area (Å²) in [6, 6.07) is 0. The van der Waals surface area contributed by atoms with Gasteiger partial charge in [0.25, 0.3) is 0 Å². The molecule has 0 amide bonds. The second-order valence-corrected chi connectivity index (χ2v) is 19.0. The molecule has 0 aliphatic carbocycles. The molecule has 0 saturated carbocycles. The standard InChI is InChI=1S/C69H108O5/c1-3-5-7-9-11-13-15-17-19-21-23-25-27-29-31-32-33-34-35-36-38-39-41-43-45-47-49-51-53-55-57-59-61-63-68(71)73-66-67(65-70)74-69(72)64-62-60-58-56-54-52-50-48-46-44-42-40-37-30-28-26-24-22-20-18-16-14-12-10-8-6-4-2/h5-8,11-14,17-20,23-26,29-31,33-34,37,42,44,48,50,54,56,67,70H,3-4,9-10,15-16,21-22,27-28,32,35-36,38-41,43,45-47,49,51-53,55,57-66H2,1-2H3/b7-5-,8-6-,13-11-,14-12-,19-17-,20-18-,25-23-,26-24-,31-29-,34-33-,37-30-,44-42-,50-48-,56-54-. The van der Waals surface area contributed by atoms with Crippen molar-refractivity contribution in [2.45, 2.75) is 238 Å². The predicted octanol–water partition coefficient (Wildman–Crippen LogP) is 20.5. The molecule has 0 bridgehead atoms. The van der Waals surface area contributed by atoms with Gasteiger partial charge in [-0.15, -0.1) is 0 Å². The van der Waals surface area contributed by atoms with Crippen LogP contribution < -0.4 is 0 Å². The molecule has 0 rings (SSSR count). The highest BCUT2D eigenvalue weighted by atomic mass is 16.6. The Morgan fingerprint density at radius 2 is 0.541 bits per heavy atom. The summed E-state index contributed by atoms with van der Waals surface area (Å²) < 4.78 is 10.7. The van der Waals surface area contributed by atoms with Gasteiger partial charge in [-0.1, -0.05) is 261 Å². The average Bonchev–Trinajstić information content (AvgIpc) is 3.40. The molecule has 0 saturated heterocycles. The molecule has 0 aliphatic heterocycles. The van der Waals surface area contributed by atoms with Crippen LogP contribution in [0.1, 0.15) is 232 Å². The zero-order valence-electron chi connectivity index (χ0n) is 47.3. The third-order valence-corrected chi connectivity index (χ3v) is 12.0. The summed E-state index contributed by atoms with van der Waals surface area (Å²) in [6.07, 6.45) is 97.6. The zero-order chi connectivity index (χ0) is 53.4. The van der Waals surface area contributed by atoms with Crippen molar-refractivity contribution in [3.8, 4) is 0 Å². The molecular weight excluding hydrogens is 909 g/mol. The molecule has 5 heteroatoms. The van der Waals surface area contributed by atoms with Gasteiger partial charge in [0.2, 0.25) is 0 Å². The first-order valence-electron chi connectivity index (χ1n) is 29.7. The van der Waals surface area contributed by atoms with E-state index in [1.165, 1.54) is 77.0 Å². The smallest absolute Gasteiger partial charge is 0.306 e. The predicted molar refractivity (Wildman–Crippen MR) is 324 cm³/mol. The van der Waals surface area contributed by atoms with E-state index in [4.69, 9.17) is 9.47 Å². The van der Waals surface area contributed by atoms with E-state index in [1.807, 2.05) is 0 Å². The summed E-state index contributed by atoms with van der Waals surface area (Å²) in [5, 5.41) is 9.66. The minimum atomic E-state index is -0.810. The summed E-state index contributed by atoms with van der Waals surface area (Å²) in [7, 11) is 0. The fourth-order valence-electron chi connectivity index (χ4n) is 7.63. The number of ether oxygens (including phenoxy) is 2. The first-order valence-corrected chi connectivity index (χ1v) is 29.7. The molecule has 0 heterocycles. The normalized spacial score (nSPS) is 13.5. The second-order valence-electron chi connectivity index (χ2n) is 19.0. The molecule has 0 aromatic carbocycles. The molecule has 1 atom stereocenters. The van der Waals surface area contributed by atoms with E-state index < -0.39 is 6.10 Å². The van der Waals surface area contributed by atoms with Crippen molar-refractivity contribution in [2.24, 2.45) is 0 Å². The van der Waals surface area contributed by atoms with Gasteiger partial charge in [0.05, 0.1) is 6.61 Å². The molecule has 0 aromatic rings. The van der Waals surface area contributed by atoms with Crippen LogP contribution in [0.4, 0.5) is 0 Å². The van der Waals surface area contributed by atoms with Gasteiger partial charge in [-0.25, -0.2) is 0 Å². The van der Waals surface area contributed by atoms with Crippen molar-refractivity contribution >= 4 is 11.9 Å². The quantitative estimate of drug-likeness (QED) is 0.0373. The number of carbonyl (C=O) groups excluding carboxylic acids is 2. The van der Waals surface area contributed by atoms with Crippen LogP contribution in [0.5, 0.6) is 0 Å². The van der Waals surface area contributed by atoms with E-state index in [0.29, 0.717) is 12.8 Å². The molecule has 1 N–H and O–H groups in total.